The van der Waals surface area contributed by atoms with Gasteiger partial charge in [-0.05, 0) is 0 Å². The topological polar surface area (TPSA) is 94.4 Å². The van der Waals surface area contributed by atoms with Gasteiger partial charge in [0.25, 0.3) is 5.91 Å². The molecule has 0 saturated heterocycles. The number of hydrogen-bond donors (Lipinski definition) is 2. The van der Waals surface area contributed by atoms with Gasteiger partial charge in [-0.25, -0.2) is 9.98 Å². The number of aromatic nitrogens is 1. The summed E-state index contributed by atoms with van der Waals surface area (Å²) in [5, 5.41) is 0.641. The monoisotopic (exact) mass is 162 g/mol. The Morgan fingerprint density at radius 2 is 2.25 bits per heavy atom. The molecule has 0 unspecified atom stereocenters. The minimum Gasteiger partial charge on any atom is -0.397 e. The molecule has 1 aromatic rings. The van der Waals surface area contributed by atoms with Crippen LogP contribution in [-0.2, 0) is 0 Å². The summed E-state index contributed by atoms with van der Waals surface area (Å²) < 4.78 is 0. The van der Waals surface area contributed by atoms with Crippen LogP contribution in [0.1, 0.15) is 10.4 Å². The predicted octanol–water partition coefficient (Wildman–Crippen LogP) is -1.87. The quantitative estimate of drug-likeness (QED) is 0.506. The minimum atomic E-state index is -0.544. The van der Waals surface area contributed by atoms with Crippen molar-refractivity contribution in [2.45, 2.75) is 0 Å². The number of pyridine rings is 1. The fraction of sp³-hybridized carbons (Fsp3) is 0. The summed E-state index contributed by atoms with van der Waals surface area (Å²) in [6, 6.07) is 0. The van der Waals surface area contributed by atoms with Crippen molar-refractivity contribution < 1.29 is 4.79 Å². The average molecular weight is 162 g/mol. The first-order valence-electron chi connectivity index (χ1n) is 3.32. The van der Waals surface area contributed by atoms with Crippen molar-refractivity contribution in [1.29, 1.82) is 0 Å². The number of carbonyl (C=O) groups is 1. The SMILES string of the molecule is NC(=O)c1c(N)cnc2c1=CN=2. The summed E-state index contributed by atoms with van der Waals surface area (Å²) in [5.41, 5.74) is 11.7. The molecule has 1 amide bonds. The van der Waals surface area contributed by atoms with Gasteiger partial charge in [0.1, 0.15) is 0 Å². The highest BCUT2D eigenvalue weighted by Gasteiger charge is 2.12. The van der Waals surface area contributed by atoms with E-state index >= 15 is 0 Å². The number of amides is 1. The van der Waals surface area contributed by atoms with Crippen LogP contribution in [0, 0.1) is 0 Å². The normalized spacial score (nSPS) is 12.0. The van der Waals surface area contributed by atoms with Crippen LogP contribution in [0.3, 0.4) is 0 Å². The third-order valence-electron chi connectivity index (χ3n) is 1.69. The van der Waals surface area contributed by atoms with Gasteiger partial charge in [0.15, 0.2) is 5.49 Å². The lowest BCUT2D eigenvalue weighted by Gasteiger charge is -2.04. The van der Waals surface area contributed by atoms with Crippen LogP contribution in [0.25, 0.3) is 6.20 Å². The Hall–Kier alpha value is -1.91. The van der Waals surface area contributed by atoms with E-state index in [9.17, 15) is 4.79 Å². The molecule has 0 fully saturated rings. The van der Waals surface area contributed by atoms with Crippen molar-refractivity contribution in [3.8, 4) is 0 Å². The minimum absolute atomic E-state index is 0.299. The highest BCUT2D eigenvalue weighted by atomic mass is 16.1. The molecular weight excluding hydrogens is 156 g/mol. The fourth-order valence-electron chi connectivity index (χ4n) is 1.09. The molecule has 2 rings (SSSR count). The number of nitrogen functional groups attached to an aromatic ring is 1. The van der Waals surface area contributed by atoms with Crippen LogP contribution < -0.4 is 22.2 Å². The molecule has 4 N–H and O–H groups in total. The van der Waals surface area contributed by atoms with Crippen molar-refractivity contribution in [2.75, 3.05) is 5.73 Å². The van der Waals surface area contributed by atoms with Crippen molar-refractivity contribution >= 4 is 17.8 Å². The maximum absolute atomic E-state index is 10.9. The van der Waals surface area contributed by atoms with Crippen LogP contribution in [-0.4, -0.2) is 10.9 Å². The van der Waals surface area contributed by atoms with Gasteiger partial charge in [-0.15, -0.1) is 0 Å². The summed E-state index contributed by atoms with van der Waals surface area (Å²) in [6.07, 6.45) is 2.91. The van der Waals surface area contributed by atoms with E-state index in [2.05, 4.69) is 9.98 Å². The Morgan fingerprint density at radius 1 is 1.50 bits per heavy atom. The molecule has 1 aliphatic rings. The van der Waals surface area contributed by atoms with Crippen molar-refractivity contribution in [1.82, 2.24) is 4.98 Å². The van der Waals surface area contributed by atoms with E-state index in [4.69, 9.17) is 11.5 Å². The predicted molar refractivity (Wildman–Crippen MR) is 42.4 cm³/mol. The second-order valence-electron chi connectivity index (χ2n) is 2.45. The molecule has 0 atom stereocenters. The first-order chi connectivity index (χ1) is 5.70. The van der Waals surface area contributed by atoms with Crippen molar-refractivity contribution in [2.24, 2.45) is 10.7 Å². The Bertz CT molecular complexity index is 477. The second kappa shape index (κ2) is 2.04. The Labute approximate surface area is 67.4 Å². The van der Waals surface area contributed by atoms with Crippen LogP contribution in [0.15, 0.2) is 11.2 Å². The van der Waals surface area contributed by atoms with E-state index in [0.29, 0.717) is 22.0 Å². The lowest BCUT2D eigenvalue weighted by atomic mass is 10.1. The number of nitrogens with two attached hydrogens (primary N) is 2. The Balaban J connectivity index is 2.85. The molecule has 2 heterocycles. The molecule has 0 aromatic carbocycles. The summed E-state index contributed by atoms with van der Waals surface area (Å²) in [4.78, 5) is 18.6. The third kappa shape index (κ3) is 0.701. The summed E-state index contributed by atoms with van der Waals surface area (Å²) in [5.74, 6) is -0.544. The van der Waals surface area contributed by atoms with Crippen LogP contribution in [0.5, 0.6) is 0 Å². The van der Waals surface area contributed by atoms with Crippen molar-refractivity contribution in [3.63, 3.8) is 0 Å². The van der Waals surface area contributed by atoms with E-state index in [1.807, 2.05) is 0 Å². The Kier molecular flexibility index (Phi) is 1.15. The highest BCUT2D eigenvalue weighted by molar-refractivity contribution is 5.98. The largest absolute Gasteiger partial charge is 0.397 e. The molecule has 1 aromatic heterocycles. The van der Waals surface area contributed by atoms with Gasteiger partial charge < -0.3 is 11.5 Å². The number of hydrogen-bond acceptors (Lipinski definition) is 4. The van der Waals surface area contributed by atoms with Crippen molar-refractivity contribution in [3.05, 3.63) is 22.5 Å². The van der Waals surface area contributed by atoms with E-state index < -0.39 is 5.91 Å². The molecule has 0 aliphatic carbocycles. The van der Waals surface area contributed by atoms with Gasteiger partial charge in [0.2, 0.25) is 0 Å². The molecule has 5 heteroatoms. The maximum Gasteiger partial charge on any atom is 0.251 e. The summed E-state index contributed by atoms with van der Waals surface area (Å²) in [7, 11) is 0. The molecule has 0 spiro atoms. The lowest BCUT2D eigenvalue weighted by molar-refractivity contribution is 0.1000. The average Bonchev–Trinajstić information content (AvgIpc) is 1.94. The summed E-state index contributed by atoms with van der Waals surface area (Å²) >= 11 is 0. The summed E-state index contributed by atoms with van der Waals surface area (Å²) in [6.45, 7) is 0. The molecule has 0 bridgehead atoms. The Morgan fingerprint density at radius 3 is 2.67 bits per heavy atom. The zero-order valence-electron chi connectivity index (χ0n) is 6.11. The van der Waals surface area contributed by atoms with Gasteiger partial charge in [-0.1, -0.05) is 0 Å². The molecule has 0 radical (unpaired) electrons. The van der Waals surface area contributed by atoms with E-state index in [1.54, 1.807) is 0 Å². The zero-order valence-corrected chi connectivity index (χ0v) is 6.11. The van der Waals surface area contributed by atoms with Gasteiger partial charge in [0.05, 0.1) is 22.7 Å². The molecule has 0 saturated carbocycles. The van der Waals surface area contributed by atoms with Crippen LogP contribution >= 0.6 is 0 Å². The zero-order chi connectivity index (χ0) is 8.72. The van der Waals surface area contributed by atoms with Crippen LogP contribution in [0.4, 0.5) is 5.69 Å². The number of carbonyl (C=O) groups excluding carboxylic acids is 1. The number of nitrogens with zero attached hydrogens (tertiary/aromatic N) is 2. The van der Waals surface area contributed by atoms with Gasteiger partial charge in [0, 0.05) is 6.20 Å². The first-order valence-corrected chi connectivity index (χ1v) is 3.32. The standard InChI is InChI=1S/C7H6N4O/c8-4-2-11-7-3(1-10-7)5(4)6(9)12/h1-2H,8H2,(H2,9,12). The smallest absolute Gasteiger partial charge is 0.251 e. The van der Waals surface area contributed by atoms with Crippen LogP contribution in [0.2, 0.25) is 0 Å². The lowest BCUT2D eigenvalue weighted by Crippen LogP contribution is -2.41. The molecule has 60 valence electrons. The van der Waals surface area contributed by atoms with Gasteiger partial charge in [-0.2, -0.15) is 0 Å². The van der Waals surface area contributed by atoms with Gasteiger partial charge in [-0.3, -0.25) is 4.79 Å². The number of primary amides is 1. The molecule has 12 heavy (non-hydrogen) atoms. The second-order valence-corrected chi connectivity index (χ2v) is 2.45. The number of anilines is 1. The molecular formula is C7H6N4O. The first kappa shape index (κ1) is 6.78. The number of rotatable bonds is 1. The highest BCUT2D eigenvalue weighted by Crippen LogP contribution is 2.01. The number of fused-ring (bicyclic) bond motifs is 1. The molecule has 5 nitrogen and oxygen atoms in total. The molecule has 1 aliphatic heterocycles. The van der Waals surface area contributed by atoms with E-state index in [-0.39, 0.29) is 0 Å². The fourth-order valence-corrected chi connectivity index (χ4v) is 1.09. The third-order valence-corrected chi connectivity index (χ3v) is 1.69. The maximum atomic E-state index is 10.9. The van der Waals surface area contributed by atoms with E-state index in [1.165, 1.54) is 12.4 Å². The van der Waals surface area contributed by atoms with Gasteiger partial charge >= 0.3 is 0 Å². The van der Waals surface area contributed by atoms with E-state index in [0.717, 1.165) is 0 Å².